The summed E-state index contributed by atoms with van der Waals surface area (Å²) in [6, 6.07) is 9.99. The monoisotopic (exact) mass is 510 g/mol. The second-order valence-electron chi connectivity index (χ2n) is 6.56. The molecule has 1 aliphatic rings. The number of hydrogen-bond donors (Lipinski definition) is 1. The van der Waals surface area contributed by atoms with Crippen molar-refractivity contribution in [2.45, 2.75) is 13.8 Å². The van der Waals surface area contributed by atoms with Crippen LogP contribution < -0.4 is 14.8 Å². The SMILES string of the molecule is CCOc1cc(/C=C2\SC(=S)N(CC)C2=O)ccc1OCC(=O)Nc1cc(Cl)cc(Cl)c1. The summed E-state index contributed by atoms with van der Waals surface area (Å²) in [5.74, 6) is 0.381. The van der Waals surface area contributed by atoms with Crippen molar-refractivity contribution < 1.29 is 19.1 Å². The molecule has 0 bridgehead atoms. The molecule has 0 aliphatic carbocycles. The van der Waals surface area contributed by atoms with Gasteiger partial charge in [-0.15, -0.1) is 0 Å². The Labute approximate surface area is 205 Å². The van der Waals surface area contributed by atoms with Crippen molar-refractivity contribution >= 4 is 75.1 Å². The Hall–Kier alpha value is -2.26. The van der Waals surface area contributed by atoms with Crippen LogP contribution in [-0.4, -0.2) is 40.8 Å². The van der Waals surface area contributed by atoms with Gasteiger partial charge in [-0.2, -0.15) is 0 Å². The third-order valence-corrected chi connectivity index (χ3v) is 6.07. The van der Waals surface area contributed by atoms with Crippen LogP contribution in [-0.2, 0) is 9.59 Å². The third kappa shape index (κ3) is 6.16. The highest BCUT2D eigenvalue weighted by Crippen LogP contribution is 2.34. The van der Waals surface area contributed by atoms with Gasteiger partial charge in [-0.1, -0.05) is 53.2 Å². The maximum absolute atomic E-state index is 12.4. The van der Waals surface area contributed by atoms with Crippen LogP contribution in [0.15, 0.2) is 41.3 Å². The molecule has 168 valence electrons. The lowest BCUT2D eigenvalue weighted by atomic mass is 10.2. The number of likely N-dealkylation sites (N-methyl/N-ethyl adjacent to an activating group) is 1. The second kappa shape index (κ2) is 11.0. The number of nitrogens with one attached hydrogen (secondary N) is 1. The maximum atomic E-state index is 12.4. The zero-order valence-electron chi connectivity index (χ0n) is 17.3. The molecule has 32 heavy (non-hydrogen) atoms. The van der Waals surface area contributed by atoms with Crippen LogP contribution in [0.3, 0.4) is 0 Å². The van der Waals surface area contributed by atoms with Crippen LogP contribution in [0.25, 0.3) is 6.08 Å². The van der Waals surface area contributed by atoms with Crippen LogP contribution >= 0.6 is 47.2 Å². The summed E-state index contributed by atoms with van der Waals surface area (Å²) in [4.78, 5) is 26.8. The molecule has 0 atom stereocenters. The van der Waals surface area contributed by atoms with Gasteiger partial charge in [0.15, 0.2) is 18.1 Å². The summed E-state index contributed by atoms with van der Waals surface area (Å²) in [5, 5.41) is 3.51. The molecule has 2 aromatic carbocycles. The molecule has 6 nitrogen and oxygen atoms in total. The molecule has 1 heterocycles. The molecule has 1 saturated heterocycles. The van der Waals surface area contributed by atoms with Crippen molar-refractivity contribution in [1.82, 2.24) is 4.90 Å². The van der Waals surface area contributed by atoms with Crippen LogP contribution in [0.1, 0.15) is 19.4 Å². The topological polar surface area (TPSA) is 67.9 Å². The van der Waals surface area contributed by atoms with E-state index in [0.29, 0.717) is 49.6 Å². The van der Waals surface area contributed by atoms with Gasteiger partial charge in [0.1, 0.15) is 4.32 Å². The van der Waals surface area contributed by atoms with E-state index in [1.54, 1.807) is 47.4 Å². The fourth-order valence-electron chi connectivity index (χ4n) is 2.89. The summed E-state index contributed by atoms with van der Waals surface area (Å²) < 4.78 is 11.9. The molecular weight excluding hydrogens is 491 g/mol. The zero-order chi connectivity index (χ0) is 23.3. The Morgan fingerprint density at radius 2 is 1.84 bits per heavy atom. The predicted octanol–water partition coefficient (Wildman–Crippen LogP) is 5.63. The van der Waals surface area contributed by atoms with Gasteiger partial charge in [0.2, 0.25) is 0 Å². The van der Waals surface area contributed by atoms with Crippen LogP contribution in [0, 0.1) is 0 Å². The van der Waals surface area contributed by atoms with Crippen molar-refractivity contribution in [3.63, 3.8) is 0 Å². The Kier molecular flexibility index (Phi) is 8.42. The highest BCUT2D eigenvalue weighted by atomic mass is 35.5. The molecular formula is C22H20Cl2N2O4S2. The molecule has 2 amide bonds. The fourth-order valence-corrected chi connectivity index (χ4v) is 4.80. The largest absolute Gasteiger partial charge is 0.490 e. The molecule has 3 rings (SSSR count). The van der Waals surface area contributed by atoms with Crippen molar-refractivity contribution in [3.05, 3.63) is 56.9 Å². The van der Waals surface area contributed by atoms with Gasteiger partial charge in [-0.3, -0.25) is 14.5 Å². The third-order valence-electron chi connectivity index (χ3n) is 4.26. The minimum absolute atomic E-state index is 0.112. The number of rotatable bonds is 8. The molecule has 1 fully saturated rings. The summed E-state index contributed by atoms with van der Waals surface area (Å²) in [5.41, 5.74) is 1.23. The molecule has 10 heteroatoms. The number of thiocarbonyl (C=S) groups is 1. The van der Waals surface area contributed by atoms with E-state index in [4.69, 9.17) is 44.9 Å². The van der Waals surface area contributed by atoms with E-state index in [2.05, 4.69) is 5.32 Å². The van der Waals surface area contributed by atoms with Crippen molar-refractivity contribution in [2.24, 2.45) is 0 Å². The molecule has 0 radical (unpaired) electrons. The number of halogens is 2. The minimum atomic E-state index is -0.377. The average Bonchev–Trinajstić information content (AvgIpc) is 2.99. The second-order valence-corrected chi connectivity index (χ2v) is 9.11. The van der Waals surface area contributed by atoms with Gasteiger partial charge >= 0.3 is 0 Å². The van der Waals surface area contributed by atoms with Crippen LogP contribution in [0.5, 0.6) is 11.5 Å². The molecule has 0 saturated carbocycles. The van der Waals surface area contributed by atoms with Crippen LogP contribution in [0.4, 0.5) is 5.69 Å². The Morgan fingerprint density at radius 1 is 1.12 bits per heavy atom. The Morgan fingerprint density at radius 3 is 2.47 bits per heavy atom. The number of ether oxygens (including phenoxy) is 2. The smallest absolute Gasteiger partial charge is 0.266 e. The van der Waals surface area contributed by atoms with Crippen molar-refractivity contribution in [3.8, 4) is 11.5 Å². The first-order valence-corrected chi connectivity index (χ1v) is 11.7. The zero-order valence-corrected chi connectivity index (χ0v) is 20.5. The number of carbonyl (C=O) groups excluding carboxylic acids is 2. The number of hydrogen-bond acceptors (Lipinski definition) is 6. The molecule has 0 unspecified atom stereocenters. The molecule has 0 spiro atoms. The number of carbonyl (C=O) groups is 2. The molecule has 2 aromatic rings. The van der Waals surface area contributed by atoms with E-state index in [-0.39, 0.29) is 18.4 Å². The van der Waals surface area contributed by atoms with Crippen molar-refractivity contribution in [2.75, 3.05) is 25.1 Å². The standard InChI is InChI=1S/C22H20Cl2N2O4S2/c1-3-26-21(28)19(32-22(26)31)8-13-5-6-17(18(7-13)29-4-2)30-12-20(27)25-16-10-14(23)9-15(24)11-16/h5-11H,3-4,12H2,1-2H3,(H,25,27)/b19-8-. The Bertz CT molecular complexity index is 1070. The fraction of sp³-hybridized carbons (Fsp3) is 0.227. The molecule has 1 aliphatic heterocycles. The number of amides is 2. The number of anilines is 1. The van der Waals surface area contributed by atoms with E-state index in [1.807, 2.05) is 13.8 Å². The number of nitrogens with zero attached hydrogens (tertiary/aromatic N) is 1. The normalized spacial score (nSPS) is 14.8. The van der Waals surface area contributed by atoms with Gasteiger partial charge in [0, 0.05) is 22.3 Å². The van der Waals surface area contributed by atoms with E-state index in [9.17, 15) is 9.59 Å². The van der Waals surface area contributed by atoms with Crippen LogP contribution in [0.2, 0.25) is 10.0 Å². The summed E-state index contributed by atoms with van der Waals surface area (Å²) >= 11 is 18.4. The molecule has 0 aromatic heterocycles. The molecule has 1 N–H and O–H groups in total. The quantitative estimate of drug-likeness (QED) is 0.366. The van der Waals surface area contributed by atoms with E-state index >= 15 is 0 Å². The maximum Gasteiger partial charge on any atom is 0.266 e. The van der Waals surface area contributed by atoms with Gasteiger partial charge in [0.25, 0.3) is 11.8 Å². The lowest BCUT2D eigenvalue weighted by Gasteiger charge is -2.13. The lowest BCUT2D eigenvalue weighted by molar-refractivity contribution is -0.122. The first-order valence-electron chi connectivity index (χ1n) is 9.71. The summed E-state index contributed by atoms with van der Waals surface area (Å²) in [6.07, 6.45) is 1.76. The average molecular weight is 511 g/mol. The lowest BCUT2D eigenvalue weighted by Crippen LogP contribution is -2.27. The summed E-state index contributed by atoms with van der Waals surface area (Å²) in [7, 11) is 0. The predicted molar refractivity (Wildman–Crippen MR) is 134 cm³/mol. The first-order chi connectivity index (χ1) is 15.3. The first kappa shape index (κ1) is 24.4. The summed E-state index contributed by atoms with van der Waals surface area (Å²) in [6.45, 7) is 4.43. The van der Waals surface area contributed by atoms with Gasteiger partial charge in [-0.05, 0) is 55.8 Å². The van der Waals surface area contributed by atoms with E-state index in [0.717, 1.165) is 5.56 Å². The van der Waals surface area contributed by atoms with Gasteiger partial charge in [0.05, 0.1) is 11.5 Å². The van der Waals surface area contributed by atoms with Crippen molar-refractivity contribution in [1.29, 1.82) is 0 Å². The Balaban J connectivity index is 1.71. The minimum Gasteiger partial charge on any atom is -0.490 e. The highest BCUT2D eigenvalue weighted by molar-refractivity contribution is 8.26. The number of thioether (sulfide) groups is 1. The van der Waals surface area contributed by atoms with E-state index in [1.165, 1.54) is 11.8 Å². The van der Waals surface area contributed by atoms with Gasteiger partial charge < -0.3 is 14.8 Å². The number of benzene rings is 2. The van der Waals surface area contributed by atoms with Gasteiger partial charge in [-0.25, -0.2) is 0 Å². The highest BCUT2D eigenvalue weighted by Gasteiger charge is 2.30. The van der Waals surface area contributed by atoms with E-state index < -0.39 is 0 Å².